The van der Waals surface area contributed by atoms with Crippen LogP contribution in [0, 0.1) is 0 Å². The van der Waals surface area contributed by atoms with Gasteiger partial charge in [0.25, 0.3) is 0 Å². The Bertz CT molecular complexity index is 384. The van der Waals surface area contributed by atoms with Crippen molar-refractivity contribution in [3.63, 3.8) is 0 Å². The van der Waals surface area contributed by atoms with Crippen LogP contribution in [0.5, 0.6) is 0 Å². The molecule has 92 valence electrons. The highest BCUT2D eigenvalue weighted by atomic mass is 32.1. The fourth-order valence-electron chi connectivity index (χ4n) is 1.94. The lowest BCUT2D eigenvalue weighted by Crippen LogP contribution is -2.27. The number of unbranched alkanes of at least 4 members (excludes halogenated alkanes) is 1. The highest BCUT2D eigenvalue weighted by Gasteiger charge is 2.28. The average molecular weight is 249 g/mol. The third-order valence-electron chi connectivity index (χ3n) is 3.07. The van der Waals surface area contributed by atoms with E-state index in [4.69, 9.17) is 18.0 Å². The fraction of sp³-hybridized carbons (Fsp3) is 0.538. The van der Waals surface area contributed by atoms with E-state index in [2.05, 4.69) is 22.9 Å². The number of hydrogen-bond donors (Lipinski definition) is 1. The molecule has 2 rings (SSSR count). The molecule has 0 aliphatic heterocycles. The average Bonchev–Trinajstić information content (AvgIpc) is 3.14. The van der Waals surface area contributed by atoms with Crippen LogP contribution >= 0.6 is 12.2 Å². The largest absolute Gasteiger partial charge is 0.388 e. The maximum atomic E-state index is 5.55. The van der Waals surface area contributed by atoms with Gasteiger partial charge < -0.3 is 10.6 Å². The Balaban J connectivity index is 2.09. The number of thiocarbonyl (C=S) groups is 1. The Morgan fingerprint density at radius 2 is 2.29 bits per heavy atom. The third kappa shape index (κ3) is 3.16. The van der Waals surface area contributed by atoms with Crippen LogP contribution in [0.25, 0.3) is 0 Å². The van der Waals surface area contributed by atoms with Crippen molar-refractivity contribution in [3.8, 4) is 0 Å². The summed E-state index contributed by atoms with van der Waals surface area (Å²) in [7, 11) is 0. The lowest BCUT2D eigenvalue weighted by molar-refractivity contribution is 0.712. The Morgan fingerprint density at radius 1 is 1.53 bits per heavy atom. The van der Waals surface area contributed by atoms with Crippen molar-refractivity contribution in [1.82, 2.24) is 4.98 Å². The van der Waals surface area contributed by atoms with Gasteiger partial charge in [-0.3, -0.25) is 4.98 Å². The molecule has 0 amide bonds. The molecule has 0 radical (unpaired) electrons. The molecule has 0 unspecified atom stereocenters. The maximum absolute atomic E-state index is 5.55. The summed E-state index contributed by atoms with van der Waals surface area (Å²) in [6.45, 7) is 3.34. The van der Waals surface area contributed by atoms with E-state index in [0.29, 0.717) is 10.7 Å². The summed E-state index contributed by atoms with van der Waals surface area (Å²) in [5, 5.41) is 0. The van der Waals surface area contributed by atoms with Crippen LogP contribution in [0.2, 0.25) is 0 Å². The van der Waals surface area contributed by atoms with E-state index >= 15 is 0 Å². The first-order chi connectivity index (χ1) is 8.22. The van der Waals surface area contributed by atoms with Crippen LogP contribution in [-0.2, 0) is 0 Å². The van der Waals surface area contributed by atoms with Crippen molar-refractivity contribution in [1.29, 1.82) is 0 Å². The number of pyridine rings is 1. The molecule has 1 fully saturated rings. The molecule has 1 aromatic rings. The van der Waals surface area contributed by atoms with Gasteiger partial charge in [-0.05, 0) is 31.4 Å². The highest BCUT2D eigenvalue weighted by Crippen LogP contribution is 2.31. The second-order valence-electron chi connectivity index (χ2n) is 4.54. The second-order valence-corrected chi connectivity index (χ2v) is 4.98. The number of anilines is 1. The van der Waals surface area contributed by atoms with E-state index in [1.807, 2.05) is 12.3 Å². The first-order valence-electron chi connectivity index (χ1n) is 6.25. The van der Waals surface area contributed by atoms with Crippen molar-refractivity contribution in [2.75, 3.05) is 11.4 Å². The summed E-state index contributed by atoms with van der Waals surface area (Å²) in [6, 6.07) is 4.72. The standard InChI is InChI=1S/C13H19N3S/c1-2-3-8-16(10-4-5-10)11-6-7-12(13(14)17)15-9-11/h6-7,9-10H,2-5,8H2,1H3,(H2,14,17). The van der Waals surface area contributed by atoms with Gasteiger partial charge in [0.1, 0.15) is 4.99 Å². The summed E-state index contributed by atoms with van der Waals surface area (Å²) in [4.78, 5) is 7.13. The van der Waals surface area contributed by atoms with E-state index in [1.165, 1.54) is 31.4 Å². The molecule has 0 atom stereocenters. The smallest absolute Gasteiger partial charge is 0.122 e. The topological polar surface area (TPSA) is 42.1 Å². The van der Waals surface area contributed by atoms with Crippen molar-refractivity contribution < 1.29 is 0 Å². The summed E-state index contributed by atoms with van der Waals surface area (Å²) in [5.74, 6) is 0. The van der Waals surface area contributed by atoms with Gasteiger partial charge in [-0.25, -0.2) is 0 Å². The van der Waals surface area contributed by atoms with Crippen LogP contribution in [0.4, 0.5) is 5.69 Å². The summed E-state index contributed by atoms with van der Waals surface area (Å²) in [5.41, 5.74) is 7.45. The molecule has 3 nitrogen and oxygen atoms in total. The minimum Gasteiger partial charge on any atom is -0.388 e. The van der Waals surface area contributed by atoms with Crippen LogP contribution in [0.15, 0.2) is 18.3 Å². The highest BCUT2D eigenvalue weighted by molar-refractivity contribution is 7.80. The van der Waals surface area contributed by atoms with E-state index in [0.717, 1.165) is 12.6 Å². The monoisotopic (exact) mass is 249 g/mol. The summed E-state index contributed by atoms with van der Waals surface area (Å²) >= 11 is 4.91. The molecule has 1 aliphatic rings. The minimum atomic E-state index is 0.364. The van der Waals surface area contributed by atoms with Gasteiger partial charge in [0.15, 0.2) is 0 Å². The molecule has 1 aliphatic carbocycles. The van der Waals surface area contributed by atoms with Gasteiger partial charge >= 0.3 is 0 Å². The normalized spacial score (nSPS) is 14.6. The molecule has 1 heterocycles. The molecule has 2 N–H and O–H groups in total. The molecule has 1 aromatic heterocycles. The third-order valence-corrected chi connectivity index (χ3v) is 3.28. The molecule has 1 saturated carbocycles. The first-order valence-corrected chi connectivity index (χ1v) is 6.65. The molecule has 0 bridgehead atoms. The van der Waals surface area contributed by atoms with Gasteiger partial charge in [-0.2, -0.15) is 0 Å². The second kappa shape index (κ2) is 5.45. The number of nitrogens with two attached hydrogens (primary N) is 1. The summed E-state index contributed by atoms with van der Waals surface area (Å²) < 4.78 is 0. The molecule has 0 spiro atoms. The van der Waals surface area contributed by atoms with Crippen molar-refractivity contribution in [3.05, 3.63) is 24.0 Å². The van der Waals surface area contributed by atoms with Crippen molar-refractivity contribution in [2.45, 2.75) is 38.6 Å². The Labute approximate surface area is 108 Å². The van der Waals surface area contributed by atoms with Crippen LogP contribution in [-0.4, -0.2) is 22.6 Å². The van der Waals surface area contributed by atoms with E-state index in [9.17, 15) is 0 Å². The minimum absolute atomic E-state index is 0.364. The fourth-order valence-corrected chi connectivity index (χ4v) is 2.06. The number of aromatic nitrogens is 1. The Kier molecular flexibility index (Phi) is 3.94. The molecular formula is C13H19N3S. The van der Waals surface area contributed by atoms with E-state index in [1.54, 1.807) is 0 Å². The van der Waals surface area contributed by atoms with E-state index in [-0.39, 0.29) is 0 Å². The predicted molar refractivity (Wildman–Crippen MR) is 75.4 cm³/mol. The summed E-state index contributed by atoms with van der Waals surface area (Å²) in [6.07, 6.45) is 6.96. The van der Waals surface area contributed by atoms with Crippen molar-refractivity contribution in [2.24, 2.45) is 5.73 Å². The quantitative estimate of drug-likeness (QED) is 0.787. The SMILES string of the molecule is CCCCN(c1ccc(C(N)=S)nc1)C1CC1. The molecule has 4 heteroatoms. The number of rotatable bonds is 6. The Morgan fingerprint density at radius 3 is 2.76 bits per heavy atom. The van der Waals surface area contributed by atoms with Gasteiger partial charge in [0, 0.05) is 12.6 Å². The molecular weight excluding hydrogens is 230 g/mol. The van der Waals surface area contributed by atoms with Gasteiger partial charge in [-0.15, -0.1) is 0 Å². The van der Waals surface area contributed by atoms with E-state index < -0.39 is 0 Å². The van der Waals surface area contributed by atoms with Crippen LogP contribution < -0.4 is 10.6 Å². The lowest BCUT2D eigenvalue weighted by Gasteiger charge is -2.24. The number of nitrogens with zero attached hydrogens (tertiary/aromatic N) is 2. The molecule has 0 saturated heterocycles. The zero-order chi connectivity index (χ0) is 12.3. The Hall–Kier alpha value is -1.16. The number of hydrogen-bond acceptors (Lipinski definition) is 3. The van der Waals surface area contributed by atoms with Gasteiger partial charge in [0.2, 0.25) is 0 Å². The van der Waals surface area contributed by atoms with Gasteiger partial charge in [0.05, 0.1) is 17.6 Å². The predicted octanol–water partition coefficient (Wildman–Crippen LogP) is 2.48. The maximum Gasteiger partial charge on any atom is 0.122 e. The first kappa shape index (κ1) is 12.3. The molecule has 0 aromatic carbocycles. The van der Waals surface area contributed by atoms with Crippen LogP contribution in [0.1, 0.15) is 38.3 Å². The van der Waals surface area contributed by atoms with Gasteiger partial charge in [-0.1, -0.05) is 25.6 Å². The van der Waals surface area contributed by atoms with Crippen molar-refractivity contribution >= 4 is 22.9 Å². The van der Waals surface area contributed by atoms with Crippen LogP contribution in [0.3, 0.4) is 0 Å². The molecule has 17 heavy (non-hydrogen) atoms. The zero-order valence-corrected chi connectivity index (χ0v) is 11.0. The zero-order valence-electron chi connectivity index (χ0n) is 10.2. The lowest BCUT2D eigenvalue weighted by atomic mass is 10.2.